The zero-order chi connectivity index (χ0) is 20.1. The average molecular weight is 385 g/mol. The van der Waals surface area contributed by atoms with Gasteiger partial charge in [-0.3, -0.25) is 4.79 Å². The maximum absolute atomic E-state index is 12.2. The van der Waals surface area contributed by atoms with E-state index in [1.165, 1.54) is 64.2 Å². The molecule has 0 radical (unpaired) electrons. The van der Waals surface area contributed by atoms with Gasteiger partial charge in [-0.05, 0) is 92.3 Å². The molecule has 0 amide bonds. The summed E-state index contributed by atoms with van der Waals surface area (Å²) in [6.45, 7) is 11.8. The minimum atomic E-state index is 0.202. The van der Waals surface area contributed by atoms with Gasteiger partial charge in [-0.2, -0.15) is 0 Å². The summed E-state index contributed by atoms with van der Waals surface area (Å²) in [6, 6.07) is 0. The van der Waals surface area contributed by atoms with Gasteiger partial charge in [0.05, 0.1) is 0 Å². The fourth-order valence-corrected chi connectivity index (χ4v) is 8.33. The smallest absolute Gasteiger partial charge is 0.135 e. The van der Waals surface area contributed by atoms with E-state index in [2.05, 4.69) is 34.6 Å². The monoisotopic (exact) mass is 384 g/mol. The van der Waals surface area contributed by atoms with Gasteiger partial charge < -0.3 is 0 Å². The van der Waals surface area contributed by atoms with Crippen LogP contribution in [0.2, 0.25) is 0 Å². The van der Waals surface area contributed by atoms with Crippen LogP contribution >= 0.6 is 0 Å². The molecule has 4 aliphatic rings. The van der Waals surface area contributed by atoms with Gasteiger partial charge in [0.15, 0.2) is 0 Å². The van der Waals surface area contributed by atoms with Crippen molar-refractivity contribution in [3.63, 3.8) is 0 Å². The Morgan fingerprint density at radius 2 is 1.79 bits per heavy atom. The fourth-order valence-electron chi connectivity index (χ4n) is 8.33. The number of fused-ring (bicyclic) bond motifs is 4. The lowest BCUT2D eigenvalue weighted by Gasteiger charge is -2.54. The Hall–Kier alpha value is -0.590. The highest BCUT2D eigenvalue weighted by Crippen LogP contribution is 2.65. The van der Waals surface area contributed by atoms with E-state index >= 15 is 0 Å². The van der Waals surface area contributed by atoms with Gasteiger partial charge >= 0.3 is 0 Å². The molecular weight excluding hydrogens is 340 g/mol. The average Bonchev–Trinajstić information content (AvgIpc) is 3.02. The molecule has 0 bridgehead atoms. The summed E-state index contributed by atoms with van der Waals surface area (Å²) in [5.74, 6) is 4.01. The molecule has 4 aliphatic carbocycles. The van der Waals surface area contributed by atoms with Crippen LogP contribution in [-0.2, 0) is 4.79 Å². The molecule has 1 nitrogen and oxygen atoms in total. The topological polar surface area (TPSA) is 17.1 Å². The van der Waals surface area contributed by atoms with Crippen LogP contribution < -0.4 is 0 Å². The van der Waals surface area contributed by atoms with E-state index in [1.807, 2.05) is 11.1 Å². The molecule has 6 atom stereocenters. The van der Waals surface area contributed by atoms with Gasteiger partial charge in [0, 0.05) is 12.3 Å². The number of ketones is 1. The number of rotatable bonds is 5. The van der Waals surface area contributed by atoms with Gasteiger partial charge in [-0.25, -0.2) is 0 Å². The Morgan fingerprint density at radius 1 is 1.00 bits per heavy atom. The predicted octanol–water partition coefficient (Wildman–Crippen LogP) is 7.74. The van der Waals surface area contributed by atoms with Crippen LogP contribution in [0.3, 0.4) is 0 Å². The molecule has 0 N–H and O–H groups in total. The molecule has 0 aromatic carbocycles. The molecule has 0 heterocycles. The van der Waals surface area contributed by atoms with Crippen molar-refractivity contribution in [3.05, 3.63) is 11.1 Å². The van der Waals surface area contributed by atoms with Crippen LogP contribution in [0.25, 0.3) is 0 Å². The number of Topliss-reactive ketones (excluding diaryl/α,β-unsaturated/α-hetero) is 1. The number of carbonyl (C=O) groups is 1. The van der Waals surface area contributed by atoms with E-state index < -0.39 is 0 Å². The third kappa shape index (κ3) is 3.24. The van der Waals surface area contributed by atoms with Crippen molar-refractivity contribution in [3.8, 4) is 0 Å². The highest BCUT2D eigenvalue weighted by Gasteiger charge is 2.55. The normalized spacial score (nSPS) is 41.4. The van der Waals surface area contributed by atoms with E-state index in [0.717, 1.165) is 30.6 Å². The molecule has 28 heavy (non-hydrogen) atoms. The van der Waals surface area contributed by atoms with Crippen LogP contribution in [-0.4, -0.2) is 5.78 Å². The summed E-state index contributed by atoms with van der Waals surface area (Å²) < 4.78 is 0. The summed E-state index contributed by atoms with van der Waals surface area (Å²) >= 11 is 0. The van der Waals surface area contributed by atoms with Gasteiger partial charge in [0.1, 0.15) is 5.78 Å². The molecule has 2 saturated carbocycles. The third-order valence-corrected chi connectivity index (χ3v) is 10.2. The number of allylic oxidation sites excluding steroid dienone is 2. The summed E-state index contributed by atoms with van der Waals surface area (Å²) in [7, 11) is 0. The first-order valence-electron chi connectivity index (χ1n) is 12.5. The Bertz CT molecular complexity index is 643. The Labute approximate surface area is 174 Å². The SMILES string of the molecule is CC(C)C(=O)CC[C@@H](C)[C@H]1CC[C@H]2C3=C(CC[C@]12C)[C@@]1(C)CCCCC1CC3. The van der Waals surface area contributed by atoms with Gasteiger partial charge in [-0.15, -0.1) is 0 Å². The maximum Gasteiger partial charge on any atom is 0.135 e. The fraction of sp³-hybridized carbons (Fsp3) is 0.889. The molecular formula is C27H44O. The van der Waals surface area contributed by atoms with Gasteiger partial charge in [0.2, 0.25) is 0 Å². The first-order chi connectivity index (χ1) is 13.3. The summed E-state index contributed by atoms with van der Waals surface area (Å²) in [5, 5.41) is 0. The summed E-state index contributed by atoms with van der Waals surface area (Å²) in [6.07, 6.45) is 16.2. The Kier molecular flexibility index (Phi) is 5.60. The zero-order valence-corrected chi connectivity index (χ0v) is 19.3. The Morgan fingerprint density at radius 3 is 2.54 bits per heavy atom. The van der Waals surface area contributed by atoms with Crippen molar-refractivity contribution in [2.24, 2.45) is 40.4 Å². The van der Waals surface area contributed by atoms with Crippen LogP contribution in [0.5, 0.6) is 0 Å². The standard InChI is InChI=1S/C27H44O/c1-18(2)25(28)14-9-19(3)22-12-13-23-21-11-10-20-8-6-7-16-26(20,4)24(21)15-17-27(22,23)5/h18-20,22-23H,6-17H2,1-5H3/t19-,20?,22-,23+,26+,27-/m1/s1. The quantitative estimate of drug-likeness (QED) is 0.443. The van der Waals surface area contributed by atoms with E-state index in [4.69, 9.17) is 0 Å². The largest absolute Gasteiger partial charge is 0.299 e. The second-order valence-corrected chi connectivity index (χ2v) is 11.8. The van der Waals surface area contributed by atoms with Crippen molar-refractivity contribution in [2.45, 2.75) is 112 Å². The van der Waals surface area contributed by atoms with E-state index in [0.29, 0.717) is 22.5 Å². The van der Waals surface area contributed by atoms with Crippen molar-refractivity contribution in [1.82, 2.24) is 0 Å². The zero-order valence-electron chi connectivity index (χ0n) is 19.3. The summed E-state index contributed by atoms with van der Waals surface area (Å²) in [4.78, 5) is 12.2. The molecule has 4 rings (SSSR count). The van der Waals surface area contributed by atoms with E-state index in [-0.39, 0.29) is 5.92 Å². The first kappa shape index (κ1) is 20.7. The number of hydrogen-bond acceptors (Lipinski definition) is 1. The summed E-state index contributed by atoms with van der Waals surface area (Å²) in [5.41, 5.74) is 4.91. The van der Waals surface area contributed by atoms with Crippen LogP contribution in [0.15, 0.2) is 11.1 Å². The molecule has 0 spiro atoms. The minimum Gasteiger partial charge on any atom is -0.299 e. The molecule has 1 heteroatoms. The van der Waals surface area contributed by atoms with Crippen molar-refractivity contribution >= 4 is 5.78 Å². The first-order valence-corrected chi connectivity index (χ1v) is 12.5. The highest BCUT2D eigenvalue weighted by atomic mass is 16.1. The van der Waals surface area contributed by atoms with Gasteiger partial charge in [0.25, 0.3) is 0 Å². The molecule has 0 aromatic heterocycles. The van der Waals surface area contributed by atoms with Crippen LogP contribution in [0, 0.1) is 40.4 Å². The molecule has 2 fully saturated rings. The second-order valence-electron chi connectivity index (χ2n) is 11.8. The molecule has 0 aromatic rings. The molecule has 158 valence electrons. The van der Waals surface area contributed by atoms with E-state index in [9.17, 15) is 4.79 Å². The van der Waals surface area contributed by atoms with Crippen LogP contribution in [0.1, 0.15) is 112 Å². The van der Waals surface area contributed by atoms with Crippen molar-refractivity contribution in [2.75, 3.05) is 0 Å². The number of carbonyl (C=O) groups excluding carboxylic acids is 1. The van der Waals surface area contributed by atoms with Crippen LogP contribution in [0.4, 0.5) is 0 Å². The third-order valence-electron chi connectivity index (χ3n) is 10.2. The van der Waals surface area contributed by atoms with Crippen molar-refractivity contribution < 1.29 is 4.79 Å². The Balaban J connectivity index is 1.53. The molecule has 1 unspecified atom stereocenters. The lowest BCUT2D eigenvalue weighted by Crippen LogP contribution is -2.43. The molecule has 0 aliphatic heterocycles. The predicted molar refractivity (Wildman–Crippen MR) is 118 cm³/mol. The highest BCUT2D eigenvalue weighted by molar-refractivity contribution is 5.80. The lowest BCUT2D eigenvalue weighted by molar-refractivity contribution is -0.122. The number of hydrogen-bond donors (Lipinski definition) is 0. The minimum absolute atomic E-state index is 0.202. The second kappa shape index (κ2) is 7.59. The van der Waals surface area contributed by atoms with Crippen molar-refractivity contribution in [1.29, 1.82) is 0 Å². The van der Waals surface area contributed by atoms with Gasteiger partial charge in [-0.1, -0.05) is 58.6 Å². The molecule has 0 saturated heterocycles. The lowest BCUT2D eigenvalue weighted by atomic mass is 9.50. The maximum atomic E-state index is 12.2. The van der Waals surface area contributed by atoms with E-state index in [1.54, 1.807) is 0 Å².